The van der Waals surface area contributed by atoms with E-state index in [4.69, 9.17) is 15.9 Å². The molecule has 8 N–H and O–H groups in total. The van der Waals surface area contributed by atoms with Gasteiger partial charge in [0.25, 0.3) is 11.5 Å². The first-order valence-electron chi connectivity index (χ1n) is 9.98. The number of carboxylic acid groups (broad SMARTS) is 2. The Balaban J connectivity index is 1.59. The number of hydrogen-bond acceptors (Lipinski definition) is 9. The second-order valence-electron chi connectivity index (χ2n) is 7.28. The Bertz CT molecular complexity index is 1220. The average molecular weight is 471 g/mol. The molecule has 1 aromatic carbocycles. The van der Waals surface area contributed by atoms with Crippen LogP contribution < -0.4 is 27.2 Å². The van der Waals surface area contributed by atoms with E-state index in [0.717, 1.165) is 0 Å². The second kappa shape index (κ2) is 10.2. The third kappa shape index (κ3) is 6.15. The number of aromatic nitrogens is 2. The van der Waals surface area contributed by atoms with E-state index < -0.39 is 41.8 Å². The lowest BCUT2D eigenvalue weighted by Crippen LogP contribution is -2.41. The molecule has 0 spiro atoms. The molecule has 14 nitrogen and oxygen atoms in total. The van der Waals surface area contributed by atoms with E-state index in [9.17, 15) is 24.0 Å². The van der Waals surface area contributed by atoms with Gasteiger partial charge in [-0.15, -0.1) is 0 Å². The highest BCUT2D eigenvalue weighted by molar-refractivity contribution is 6.09. The van der Waals surface area contributed by atoms with Gasteiger partial charge in [0, 0.05) is 23.4 Å². The van der Waals surface area contributed by atoms with E-state index in [-0.39, 0.29) is 42.4 Å². The maximum absolute atomic E-state index is 12.4. The summed E-state index contributed by atoms with van der Waals surface area (Å²) in [5.41, 5.74) is 5.88. The van der Waals surface area contributed by atoms with Crippen molar-refractivity contribution in [1.29, 1.82) is 0 Å². The molecule has 0 radical (unpaired) electrons. The molecule has 178 valence electrons. The lowest BCUT2D eigenvalue weighted by atomic mass is 10.1. The van der Waals surface area contributed by atoms with Crippen molar-refractivity contribution in [3.05, 3.63) is 40.2 Å². The molecule has 0 saturated heterocycles. The van der Waals surface area contributed by atoms with Crippen molar-refractivity contribution in [3.63, 3.8) is 0 Å². The quantitative estimate of drug-likeness (QED) is 0.257. The molecule has 0 fully saturated rings. The number of rotatable bonds is 9. The van der Waals surface area contributed by atoms with Gasteiger partial charge >= 0.3 is 11.9 Å². The lowest BCUT2D eigenvalue weighted by molar-refractivity contribution is -0.140. The van der Waals surface area contributed by atoms with Crippen LogP contribution in [0.15, 0.2) is 34.1 Å². The number of hydrogen-bond donors (Lipinski definition) is 7. The van der Waals surface area contributed by atoms with Gasteiger partial charge in [-0.1, -0.05) is 0 Å². The fraction of sp³-hybridized carbons (Fsp3) is 0.250. The van der Waals surface area contributed by atoms with Crippen LogP contribution in [0.2, 0.25) is 0 Å². The Kier molecular flexibility index (Phi) is 7.20. The van der Waals surface area contributed by atoms with Crippen molar-refractivity contribution >= 4 is 52.6 Å². The zero-order valence-corrected chi connectivity index (χ0v) is 17.6. The highest BCUT2D eigenvalue weighted by Gasteiger charge is 2.22. The fourth-order valence-corrected chi connectivity index (χ4v) is 3.06. The first kappa shape index (κ1) is 23.9. The molecule has 1 aliphatic heterocycles. The number of nitrogens with one attached hydrogen (secondary N) is 4. The number of aliphatic carboxylic acids is 2. The smallest absolute Gasteiger partial charge is 0.326 e. The van der Waals surface area contributed by atoms with Crippen LogP contribution in [0.25, 0.3) is 0 Å². The highest BCUT2D eigenvalue weighted by Crippen LogP contribution is 2.22. The molecule has 1 atom stereocenters. The van der Waals surface area contributed by atoms with Crippen molar-refractivity contribution in [1.82, 2.24) is 15.3 Å². The SMILES string of the molecule is Nc1nc2c(c(=O)[nH]1)N=C(CC(=O)Nc1ccc(C(=O)N[C@@H](CCC(=O)O)C(=O)O)cc1)CN2. The Morgan fingerprint density at radius 1 is 1.15 bits per heavy atom. The number of amides is 2. The molecule has 2 aromatic rings. The third-order valence-corrected chi connectivity index (χ3v) is 4.69. The molecule has 3 rings (SSSR count). The number of fused-ring (bicyclic) bond motifs is 1. The minimum absolute atomic E-state index is 0.0293. The van der Waals surface area contributed by atoms with Crippen molar-refractivity contribution in [3.8, 4) is 0 Å². The molecule has 2 heterocycles. The Hall–Kier alpha value is -4.75. The summed E-state index contributed by atoms with van der Waals surface area (Å²) in [6.45, 7) is 0.196. The zero-order valence-electron chi connectivity index (χ0n) is 17.6. The number of nitrogen functional groups attached to an aromatic ring is 1. The van der Waals surface area contributed by atoms with Crippen LogP contribution in [0.4, 0.5) is 23.1 Å². The van der Waals surface area contributed by atoms with Crippen LogP contribution in [-0.2, 0) is 14.4 Å². The number of aromatic amines is 1. The Morgan fingerprint density at radius 3 is 2.50 bits per heavy atom. The first-order chi connectivity index (χ1) is 16.1. The maximum Gasteiger partial charge on any atom is 0.326 e. The summed E-state index contributed by atoms with van der Waals surface area (Å²) in [6.07, 6.45) is -0.779. The summed E-state index contributed by atoms with van der Waals surface area (Å²) < 4.78 is 0. The number of benzene rings is 1. The first-order valence-corrected chi connectivity index (χ1v) is 9.98. The van der Waals surface area contributed by atoms with Gasteiger partial charge in [-0.2, -0.15) is 4.98 Å². The van der Waals surface area contributed by atoms with Gasteiger partial charge < -0.3 is 31.9 Å². The standard InChI is InChI=1S/C20H21N7O7/c21-20-26-16-15(18(32)27-20)24-11(8-22-16)7-13(28)23-10-3-1-9(2-4-10)17(31)25-12(19(33)34)5-6-14(29)30/h1-4,12H,5-8H2,(H,23,28)(H,25,31)(H,29,30)(H,33,34)(H4,21,22,26,27,32)/t12-/m0/s1. The molecule has 34 heavy (non-hydrogen) atoms. The van der Waals surface area contributed by atoms with Crippen LogP contribution >= 0.6 is 0 Å². The maximum atomic E-state index is 12.4. The van der Waals surface area contributed by atoms with E-state index in [1.54, 1.807) is 0 Å². The minimum atomic E-state index is -1.35. The van der Waals surface area contributed by atoms with Gasteiger partial charge in [0.2, 0.25) is 11.9 Å². The van der Waals surface area contributed by atoms with Gasteiger partial charge in [-0.25, -0.2) is 9.79 Å². The van der Waals surface area contributed by atoms with Crippen LogP contribution in [0, 0.1) is 0 Å². The van der Waals surface area contributed by atoms with Crippen molar-refractivity contribution < 1.29 is 29.4 Å². The van der Waals surface area contributed by atoms with Crippen LogP contribution in [0.1, 0.15) is 29.6 Å². The largest absolute Gasteiger partial charge is 0.481 e. The van der Waals surface area contributed by atoms with Crippen LogP contribution in [0.5, 0.6) is 0 Å². The average Bonchev–Trinajstić information content (AvgIpc) is 2.77. The van der Waals surface area contributed by atoms with Gasteiger partial charge in [0.05, 0.1) is 13.0 Å². The molecular weight excluding hydrogens is 450 g/mol. The molecule has 0 aliphatic carbocycles. The summed E-state index contributed by atoms with van der Waals surface area (Å²) in [5.74, 6) is -3.46. The highest BCUT2D eigenvalue weighted by atomic mass is 16.4. The number of carbonyl (C=O) groups excluding carboxylic acids is 2. The van der Waals surface area contributed by atoms with Crippen LogP contribution in [-0.4, -0.2) is 62.2 Å². The van der Waals surface area contributed by atoms with E-state index in [1.807, 2.05) is 0 Å². The number of H-pyrrole nitrogens is 1. The van der Waals surface area contributed by atoms with E-state index >= 15 is 0 Å². The molecule has 1 aromatic heterocycles. The molecule has 0 unspecified atom stereocenters. The van der Waals surface area contributed by atoms with E-state index in [1.165, 1.54) is 24.3 Å². The Morgan fingerprint density at radius 2 is 1.85 bits per heavy atom. The van der Waals surface area contributed by atoms with E-state index in [0.29, 0.717) is 11.4 Å². The number of carboxylic acids is 2. The number of anilines is 3. The van der Waals surface area contributed by atoms with Crippen molar-refractivity contribution in [2.75, 3.05) is 22.9 Å². The number of aliphatic imine (C=N–C) groups is 1. The molecule has 0 bridgehead atoms. The molecule has 14 heteroatoms. The number of nitrogens with zero attached hydrogens (tertiary/aromatic N) is 2. The lowest BCUT2D eigenvalue weighted by Gasteiger charge is -2.16. The third-order valence-electron chi connectivity index (χ3n) is 4.69. The predicted molar refractivity (Wildman–Crippen MR) is 120 cm³/mol. The second-order valence-corrected chi connectivity index (χ2v) is 7.28. The topological polar surface area (TPSA) is 229 Å². The molecule has 2 amide bonds. The molecular formula is C20H21N7O7. The summed E-state index contributed by atoms with van der Waals surface area (Å²) >= 11 is 0. The summed E-state index contributed by atoms with van der Waals surface area (Å²) in [4.78, 5) is 68.9. The van der Waals surface area contributed by atoms with Crippen molar-refractivity contribution in [2.45, 2.75) is 25.3 Å². The zero-order chi connectivity index (χ0) is 24.8. The van der Waals surface area contributed by atoms with Crippen molar-refractivity contribution in [2.24, 2.45) is 4.99 Å². The minimum Gasteiger partial charge on any atom is -0.481 e. The number of carbonyl (C=O) groups is 4. The normalized spacial score (nSPS) is 13.0. The summed E-state index contributed by atoms with van der Waals surface area (Å²) in [6, 6.07) is 4.32. The molecule has 1 aliphatic rings. The van der Waals surface area contributed by atoms with Gasteiger partial charge in [0.1, 0.15) is 6.04 Å². The van der Waals surface area contributed by atoms with E-state index in [2.05, 4.69) is 30.9 Å². The monoisotopic (exact) mass is 471 g/mol. The predicted octanol–water partition coefficient (Wildman–Crippen LogP) is -0.0733. The fourth-order valence-electron chi connectivity index (χ4n) is 3.06. The van der Waals surface area contributed by atoms with Gasteiger partial charge in [0.15, 0.2) is 11.5 Å². The summed E-state index contributed by atoms with van der Waals surface area (Å²) in [7, 11) is 0. The summed E-state index contributed by atoms with van der Waals surface area (Å²) in [5, 5.41) is 25.6. The van der Waals surface area contributed by atoms with Gasteiger partial charge in [-0.05, 0) is 30.7 Å². The number of nitrogens with two attached hydrogens (primary N) is 1. The Labute approximate surface area is 191 Å². The van der Waals surface area contributed by atoms with Gasteiger partial charge in [-0.3, -0.25) is 24.2 Å². The van der Waals surface area contributed by atoms with Crippen LogP contribution in [0.3, 0.4) is 0 Å². The molecule has 0 saturated carbocycles.